The van der Waals surface area contributed by atoms with Crippen molar-refractivity contribution < 1.29 is 4.39 Å². The molecule has 0 saturated heterocycles. The molecule has 3 heterocycles. The lowest BCUT2D eigenvalue weighted by atomic mass is 9.67. The first-order valence-electron chi connectivity index (χ1n) is 9.54. The van der Waals surface area contributed by atoms with Crippen LogP contribution in [0, 0.1) is 23.6 Å². The van der Waals surface area contributed by atoms with E-state index in [0.717, 1.165) is 17.9 Å². The van der Waals surface area contributed by atoms with Crippen LogP contribution in [0.15, 0.2) is 53.8 Å². The molecule has 0 spiro atoms. The fourth-order valence-electron chi connectivity index (χ4n) is 4.28. The smallest absolute Gasteiger partial charge is 0.141 e. The molecule has 0 bridgehead atoms. The van der Waals surface area contributed by atoms with Gasteiger partial charge in [0, 0.05) is 18.1 Å². The van der Waals surface area contributed by atoms with Gasteiger partial charge in [0.15, 0.2) is 0 Å². The maximum Gasteiger partial charge on any atom is 0.141 e. The second-order valence-corrected chi connectivity index (χ2v) is 7.98. The van der Waals surface area contributed by atoms with E-state index in [4.69, 9.17) is 4.99 Å². The number of nitrogens with one attached hydrogen (secondary N) is 1. The van der Waals surface area contributed by atoms with Gasteiger partial charge in [-0.25, -0.2) is 9.37 Å². The zero-order valence-corrected chi connectivity index (χ0v) is 15.9. The molecule has 0 radical (unpaired) electrons. The quantitative estimate of drug-likeness (QED) is 0.835. The number of nitrogens with zero attached hydrogens (tertiary/aromatic N) is 3. The largest absolute Gasteiger partial charge is 0.341 e. The highest BCUT2D eigenvalue weighted by Crippen LogP contribution is 2.42. The Balaban J connectivity index is 1.49. The third-order valence-corrected chi connectivity index (χ3v) is 6.02. The van der Waals surface area contributed by atoms with Gasteiger partial charge in [-0.05, 0) is 37.3 Å². The second kappa shape index (κ2) is 6.87. The molecule has 140 valence electrons. The number of aromatic amines is 1. The van der Waals surface area contributed by atoms with Crippen LogP contribution in [0.2, 0.25) is 0 Å². The van der Waals surface area contributed by atoms with Crippen LogP contribution >= 0.6 is 0 Å². The van der Waals surface area contributed by atoms with Gasteiger partial charge in [0.05, 0.1) is 29.3 Å². The summed E-state index contributed by atoms with van der Waals surface area (Å²) in [5.74, 6) is 2.22. The van der Waals surface area contributed by atoms with Crippen LogP contribution in [0.4, 0.5) is 4.39 Å². The standard InChI is InChI=1S/C22H25FN4/c1-14(21-25-13-20(27-21)19-8-7-17(23)12-24-19)10-16-11-26-22(3)9-5-4-6-18(22)15(16)2/h4-9,11-16,18H,10H2,1-3H3,(H,25,27). The number of rotatable bonds is 4. The molecule has 1 aliphatic carbocycles. The van der Waals surface area contributed by atoms with E-state index in [1.54, 1.807) is 12.3 Å². The summed E-state index contributed by atoms with van der Waals surface area (Å²) in [7, 11) is 0. The van der Waals surface area contributed by atoms with Crippen molar-refractivity contribution in [1.29, 1.82) is 0 Å². The van der Waals surface area contributed by atoms with Gasteiger partial charge in [0.1, 0.15) is 11.6 Å². The van der Waals surface area contributed by atoms with Crippen LogP contribution in [0.3, 0.4) is 0 Å². The van der Waals surface area contributed by atoms with Gasteiger partial charge in [0.25, 0.3) is 0 Å². The highest BCUT2D eigenvalue weighted by molar-refractivity contribution is 5.64. The molecule has 5 heteroatoms. The predicted octanol–water partition coefficient (Wildman–Crippen LogP) is 4.94. The molecule has 2 aromatic rings. The Morgan fingerprint density at radius 1 is 1.22 bits per heavy atom. The van der Waals surface area contributed by atoms with E-state index in [1.807, 2.05) is 0 Å². The summed E-state index contributed by atoms with van der Waals surface area (Å²) in [6, 6.07) is 3.08. The minimum Gasteiger partial charge on any atom is -0.341 e. The summed E-state index contributed by atoms with van der Waals surface area (Å²) >= 11 is 0. The van der Waals surface area contributed by atoms with Crippen molar-refractivity contribution in [3.05, 3.63) is 60.5 Å². The van der Waals surface area contributed by atoms with E-state index < -0.39 is 0 Å². The second-order valence-electron chi connectivity index (χ2n) is 7.98. The summed E-state index contributed by atoms with van der Waals surface area (Å²) in [4.78, 5) is 16.9. The molecule has 1 N–H and O–H groups in total. The topological polar surface area (TPSA) is 53.9 Å². The molecule has 4 rings (SSSR count). The lowest BCUT2D eigenvalue weighted by Crippen LogP contribution is -2.42. The third kappa shape index (κ3) is 3.38. The van der Waals surface area contributed by atoms with Crippen molar-refractivity contribution in [3.8, 4) is 11.4 Å². The van der Waals surface area contributed by atoms with Crippen molar-refractivity contribution >= 4 is 6.21 Å². The van der Waals surface area contributed by atoms with Crippen molar-refractivity contribution in [1.82, 2.24) is 15.0 Å². The molecule has 1 aliphatic heterocycles. The Labute approximate surface area is 159 Å². The van der Waals surface area contributed by atoms with E-state index in [1.165, 1.54) is 12.3 Å². The minimum atomic E-state index is -0.337. The normalized spacial score (nSPS) is 30.3. The van der Waals surface area contributed by atoms with E-state index in [2.05, 4.69) is 66.2 Å². The lowest BCUT2D eigenvalue weighted by molar-refractivity contribution is 0.237. The molecule has 5 unspecified atom stereocenters. The fraction of sp³-hybridized carbons (Fsp3) is 0.409. The average Bonchev–Trinajstić information content (AvgIpc) is 3.15. The van der Waals surface area contributed by atoms with E-state index in [-0.39, 0.29) is 17.3 Å². The van der Waals surface area contributed by atoms with Crippen LogP contribution in [-0.2, 0) is 0 Å². The molecule has 2 aliphatic rings. The van der Waals surface area contributed by atoms with Crippen LogP contribution < -0.4 is 0 Å². The number of hydrogen-bond donors (Lipinski definition) is 1. The van der Waals surface area contributed by atoms with Gasteiger partial charge in [-0.2, -0.15) is 0 Å². The number of fused-ring (bicyclic) bond motifs is 1. The SMILES string of the molecule is CC(CC1C=NC2(C)C=CC=CC2C1C)c1ncc(-c2ccc(F)cn2)[nH]1. The minimum absolute atomic E-state index is 0.111. The number of allylic oxidation sites excluding steroid dienone is 2. The monoisotopic (exact) mass is 364 g/mol. The number of aromatic nitrogens is 3. The Bertz CT molecular complexity index is 895. The summed E-state index contributed by atoms with van der Waals surface area (Å²) in [6.45, 7) is 6.72. The Hall–Kier alpha value is -2.56. The predicted molar refractivity (Wildman–Crippen MR) is 106 cm³/mol. The number of hydrogen-bond acceptors (Lipinski definition) is 3. The fourth-order valence-corrected chi connectivity index (χ4v) is 4.28. The van der Waals surface area contributed by atoms with Gasteiger partial charge >= 0.3 is 0 Å². The molecule has 0 fully saturated rings. The van der Waals surface area contributed by atoms with E-state index in [9.17, 15) is 4.39 Å². The maximum atomic E-state index is 13.1. The van der Waals surface area contributed by atoms with Gasteiger partial charge in [-0.15, -0.1) is 0 Å². The molecule has 27 heavy (non-hydrogen) atoms. The van der Waals surface area contributed by atoms with Gasteiger partial charge < -0.3 is 4.98 Å². The molecule has 0 saturated carbocycles. The van der Waals surface area contributed by atoms with Gasteiger partial charge in [0.2, 0.25) is 0 Å². The Morgan fingerprint density at radius 3 is 2.85 bits per heavy atom. The highest BCUT2D eigenvalue weighted by atomic mass is 19.1. The first-order valence-corrected chi connectivity index (χ1v) is 9.54. The Kier molecular flexibility index (Phi) is 4.54. The van der Waals surface area contributed by atoms with Crippen molar-refractivity contribution in [2.45, 2.75) is 38.6 Å². The van der Waals surface area contributed by atoms with Crippen molar-refractivity contribution in [2.24, 2.45) is 22.7 Å². The number of H-pyrrole nitrogens is 1. The zero-order chi connectivity index (χ0) is 19.0. The zero-order valence-electron chi connectivity index (χ0n) is 15.9. The summed E-state index contributed by atoms with van der Waals surface area (Å²) in [5.41, 5.74) is 1.40. The Morgan fingerprint density at radius 2 is 2.07 bits per heavy atom. The summed E-state index contributed by atoms with van der Waals surface area (Å²) in [6.07, 6.45) is 14.9. The van der Waals surface area contributed by atoms with Crippen LogP contribution in [-0.4, -0.2) is 26.7 Å². The molecule has 5 atom stereocenters. The number of pyridine rings is 1. The van der Waals surface area contributed by atoms with Crippen LogP contribution in [0.25, 0.3) is 11.4 Å². The van der Waals surface area contributed by atoms with Crippen LogP contribution in [0.5, 0.6) is 0 Å². The first-order chi connectivity index (χ1) is 13.0. The average molecular weight is 364 g/mol. The van der Waals surface area contributed by atoms with Crippen molar-refractivity contribution in [2.75, 3.05) is 0 Å². The molecular weight excluding hydrogens is 339 g/mol. The van der Waals surface area contributed by atoms with Gasteiger partial charge in [-0.3, -0.25) is 9.98 Å². The lowest BCUT2D eigenvalue weighted by Gasteiger charge is -2.42. The molecule has 2 aromatic heterocycles. The maximum absolute atomic E-state index is 13.1. The number of halogens is 1. The van der Waals surface area contributed by atoms with E-state index in [0.29, 0.717) is 23.4 Å². The van der Waals surface area contributed by atoms with Gasteiger partial charge in [-0.1, -0.05) is 38.2 Å². The summed E-state index contributed by atoms with van der Waals surface area (Å²) in [5, 5.41) is 0. The molecule has 4 nitrogen and oxygen atoms in total. The first kappa shape index (κ1) is 17.8. The van der Waals surface area contributed by atoms with Crippen molar-refractivity contribution in [3.63, 3.8) is 0 Å². The third-order valence-electron chi connectivity index (χ3n) is 6.02. The van der Waals surface area contributed by atoms with Crippen LogP contribution in [0.1, 0.15) is 38.9 Å². The number of imidazole rings is 1. The highest BCUT2D eigenvalue weighted by Gasteiger charge is 2.41. The molecular formula is C22H25FN4. The molecule has 0 aromatic carbocycles. The number of aliphatic imine (C=N–C) groups is 1. The molecule has 0 amide bonds. The van der Waals surface area contributed by atoms with E-state index >= 15 is 0 Å². The summed E-state index contributed by atoms with van der Waals surface area (Å²) < 4.78 is 13.1.